The molecule has 1 amide bonds. The standard InChI is InChI=1S/C15H12N2OS2/c1-15(9-16)8-10(11-4-2-6-19-11)13(14(18)17-15)12-5-3-7-20-12/h2-7H,8H2,1H3,(H,17,18). The molecule has 100 valence electrons. The Bertz CT molecular complexity index is 708. The van der Waals surface area contributed by atoms with E-state index in [4.69, 9.17) is 0 Å². The normalized spacial score (nSPS) is 22.5. The van der Waals surface area contributed by atoms with Gasteiger partial charge in [-0.1, -0.05) is 12.1 Å². The van der Waals surface area contributed by atoms with Crippen molar-refractivity contribution in [3.63, 3.8) is 0 Å². The molecule has 1 unspecified atom stereocenters. The first-order valence-corrected chi connectivity index (χ1v) is 7.93. The quantitative estimate of drug-likeness (QED) is 0.922. The molecule has 0 fully saturated rings. The summed E-state index contributed by atoms with van der Waals surface area (Å²) in [6.07, 6.45) is 0.531. The maximum Gasteiger partial charge on any atom is 0.254 e. The fourth-order valence-electron chi connectivity index (χ4n) is 2.35. The lowest BCUT2D eigenvalue weighted by molar-refractivity contribution is -0.117. The second-order valence-corrected chi connectivity index (χ2v) is 6.78. The number of rotatable bonds is 2. The molecule has 0 saturated carbocycles. The molecule has 0 aromatic carbocycles. The summed E-state index contributed by atoms with van der Waals surface area (Å²) in [4.78, 5) is 14.5. The summed E-state index contributed by atoms with van der Waals surface area (Å²) in [6, 6.07) is 10.1. The van der Waals surface area contributed by atoms with Crippen molar-refractivity contribution in [1.29, 1.82) is 5.26 Å². The Morgan fingerprint density at radius 1 is 1.25 bits per heavy atom. The first-order valence-electron chi connectivity index (χ1n) is 6.18. The van der Waals surface area contributed by atoms with Crippen molar-refractivity contribution in [2.24, 2.45) is 0 Å². The van der Waals surface area contributed by atoms with E-state index >= 15 is 0 Å². The SMILES string of the molecule is CC1(C#N)CC(c2cccs2)=C(c2cccs2)C(=O)N1. The fourth-order valence-corrected chi connectivity index (χ4v) is 3.92. The summed E-state index contributed by atoms with van der Waals surface area (Å²) in [5.74, 6) is -0.161. The van der Waals surface area contributed by atoms with Crippen molar-refractivity contribution in [2.45, 2.75) is 18.9 Å². The van der Waals surface area contributed by atoms with Gasteiger partial charge < -0.3 is 5.32 Å². The highest BCUT2D eigenvalue weighted by atomic mass is 32.1. The third kappa shape index (κ3) is 2.17. The third-order valence-corrected chi connectivity index (χ3v) is 5.10. The Kier molecular flexibility index (Phi) is 3.20. The summed E-state index contributed by atoms with van der Waals surface area (Å²) < 4.78 is 0. The smallest absolute Gasteiger partial charge is 0.254 e. The van der Waals surface area contributed by atoms with Crippen LogP contribution in [-0.4, -0.2) is 11.4 Å². The van der Waals surface area contributed by atoms with Gasteiger partial charge in [0.05, 0.1) is 11.6 Å². The van der Waals surface area contributed by atoms with Crippen LogP contribution in [0.5, 0.6) is 0 Å². The third-order valence-electron chi connectivity index (χ3n) is 3.28. The molecule has 0 aliphatic carbocycles. The van der Waals surface area contributed by atoms with Crippen LogP contribution in [0.2, 0.25) is 0 Å². The van der Waals surface area contributed by atoms with Crippen LogP contribution < -0.4 is 5.32 Å². The predicted molar refractivity (Wildman–Crippen MR) is 82.2 cm³/mol. The van der Waals surface area contributed by atoms with Crippen molar-refractivity contribution < 1.29 is 4.79 Å². The van der Waals surface area contributed by atoms with Gasteiger partial charge in [-0.05, 0) is 35.4 Å². The molecule has 1 atom stereocenters. The van der Waals surface area contributed by atoms with Crippen LogP contribution in [0.25, 0.3) is 11.1 Å². The minimum absolute atomic E-state index is 0.161. The molecule has 2 aromatic heterocycles. The summed E-state index contributed by atoms with van der Waals surface area (Å²) >= 11 is 3.15. The van der Waals surface area contributed by atoms with Crippen LogP contribution in [0.15, 0.2) is 35.0 Å². The molecule has 5 heteroatoms. The highest BCUT2D eigenvalue weighted by molar-refractivity contribution is 7.12. The lowest BCUT2D eigenvalue weighted by Gasteiger charge is -2.31. The largest absolute Gasteiger partial charge is 0.334 e. The van der Waals surface area contributed by atoms with Gasteiger partial charge in [-0.15, -0.1) is 22.7 Å². The molecular weight excluding hydrogens is 288 g/mol. The molecule has 0 radical (unpaired) electrons. The first kappa shape index (κ1) is 13.1. The van der Waals surface area contributed by atoms with Gasteiger partial charge in [0.2, 0.25) is 0 Å². The van der Waals surface area contributed by atoms with Crippen molar-refractivity contribution in [2.75, 3.05) is 0 Å². The van der Waals surface area contributed by atoms with Crippen LogP contribution in [0, 0.1) is 11.3 Å². The lowest BCUT2D eigenvalue weighted by atomic mass is 9.85. The van der Waals surface area contributed by atoms with Gasteiger partial charge in [0.1, 0.15) is 5.54 Å². The molecule has 20 heavy (non-hydrogen) atoms. The number of nitrogens with one attached hydrogen (secondary N) is 1. The van der Waals surface area contributed by atoms with E-state index in [1.165, 1.54) is 0 Å². The van der Waals surface area contributed by atoms with Crippen LogP contribution in [0.4, 0.5) is 0 Å². The maximum atomic E-state index is 12.5. The van der Waals surface area contributed by atoms with Gasteiger partial charge >= 0.3 is 0 Å². The zero-order valence-corrected chi connectivity index (χ0v) is 12.5. The van der Waals surface area contributed by atoms with E-state index in [2.05, 4.69) is 11.4 Å². The molecule has 0 saturated heterocycles. The number of carbonyl (C=O) groups is 1. The number of carbonyl (C=O) groups excluding carboxylic acids is 1. The number of amides is 1. The van der Waals surface area contributed by atoms with Crippen molar-refractivity contribution in [1.82, 2.24) is 5.32 Å². The van der Waals surface area contributed by atoms with Gasteiger partial charge in [-0.3, -0.25) is 4.79 Å². The predicted octanol–water partition coefficient (Wildman–Crippen LogP) is 3.52. The Balaban J connectivity index is 2.20. The van der Waals surface area contributed by atoms with E-state index in [0.717, 1.165) is 15.3 Å². The summed E-state index contributed by atoms with van der Waals surface area (Å²) in [6.45, 7) is 1.77. The molecule has 3 nitrogen and oxygen atoms in total. The zero-order valence-electron chi connectivity index (χ0n) is 10.8. The van der Waals surface area contributed by atoms with Crippen LogP contribution in [0.3, 0.4) is 0 Å². The molecular formula is C15H12N2OS2. The molecule has 0 spiro atoms. The molecule has 3 heterocycles. The second-order valence-electron chi connectivity index (χ2n) is 4.88. The van der Waals surface area contributed by atoms with Crippen LogP contribution >= 0.6 is 22.7 Å². The molecule has 1 aliphatic heterocycles. The summed E-state index contributed by atoms with van der Waals surface area (Å²) in [7, 11) is 0. The Morgan fingerprint density at radius 3 is 2.45 bits per heavy atom. The average molecular weight is 300 g/mol. The molecule has 0 bridgehead atoms. The maximum absolute atomic E-state index is 12.5. The van der Waals surface area contributed by atoms with E-state index < -0.39 is 5.54 Å². The Labute approximate surface area is 125 Å². The number of thiophene rings is 2. The number of nitriles is 1. The zero-order chi connectivity index (χ0) is 14.2. The van der Waals surface area contributed by atoms with Crippen molar-refractivity contribution in [3.8, 4) is 6.07 Å². The summed E-state index contributed by atoms with van der Waals surface area (Å²) in [5, 5.41) is 16.1. The van der Waals surface area contributed by atoms with Crippen molar-refractivity contribution >= 4 is 39.7 Å². The topological polar surface area (TPSA) is 52.9 Å². The molecule has 1 N–H and O–H groups in total. The highest BCUT2D eigenvalue weighted by Crippen LogP contribution is 2.39. The Morgan fingerprint density at radius 2 is 1.90 bits per heavy atom. The van der Waals surface area contributed by atoms with E-state index in [1.807, 2.05) is 35.0 Å². The van der Waals surface area contributed by atoms with Crippen LogP contribution in [0.1, 0.15) is 23.1 Å². The minimum atomic E-state index is -0.836. The highest BCUT2D eigenvalue weighted by Gasteiger charge is 2.37. The first-order chi connectivity index (χ1) is 9.63. The van der Waals surface area contributed by atoms with Gasteiger partial charge in [0, 0.05) is 16.2 Å². The van der Waals surface area contributed by atoms with E-state index in [-0.39, 0.29) is 5.91 Å². The average Bonchev–Trinajstić information content (AvgIpc) is 3.11. The summed E-state index contributed by atoms with van der Waals surface area (Å²) in [5.41, 5.74) is 0.836. The number of nitrogens with zero attached hydrogens (tertiary/aromatic N) is 1. The monoisotopic (exact) mass is 300 g/mol. The van der Waals surface area contributed by atoms with Crippen LogP contribution in [-0.2, 0) is 4.79 Å². The van der Waals surface area contributed by atoms with Gasteiger partial charge in [0.25, 0.3) is 5.91 Å². The van der Waals surface area contributed by atoms with Gasteiger partial charge in [0.15, 0.2) is 0 Å². The molecule has 1 aliphatic rings. The fraction of sp³-hybridized carbons (Fsp3) is 0.200. The van der Waals surface area contributed by atoms with Gasteiger partial charge in [-0.2, -0.15) is 5.26 Å². The number of hydrogen-bond acceptors (Lipinski definition) is 4. The number of hydrogen-bond donors (Lipinski definition) is 1. The Hall–Kier alpha value is -1.90. The molecule has 2 aromatic rings. The molecule has 3 rings (SSSR count). The van der Waals surface area contributed by atoms with E-state index in [1.54, 1.807) is 29.6 Å². The van der Waals surface area contributed by atoms with E-state index in [9.17, 15) is 10.1 Å². The van der Waals surface area contributed by atoms with E-state index in [0.29, 0.717) is 12.0 Å². The van der Waals surface area contributed by atoms with Gasteiger partial charge in [-0.25, -0.2) is 0 Å². The second kappa shape index (κ2) is 4.89. The minimum Gasteiger partial charge on any atom is -0.334 e. The van der Waals surface area contributed by atoms with Crippen molar-refractivity contribution in [3.05, 3.63) is 44.8 Å². The lowest BCUT2D eigenvalue weighted by Crippen LogP contribution is -2.48.